The number of nitrogens with one attached hydrogen (secondary N) is 1. The molecule has 0 spiro atoms. The van der Waals surface area contributed by atoms with Crippen LogP contribution in [0.5, 0.6) is 0 Å². The number of ether oxygens (including phenoxy) is 1. The topological polar surface area (TPSA) is 21.3 Å². The Morgan fingerprint density at radius 1 is 1.33 bits per heavy atom. The van der Waals surface area contributed by atoms with Gasteiger partial charge in [-0.1, -0.05) is 12.1 Å². The maximum absolute atomic E-state index is 13.3. The molecule has 102 valence electrons. The van der Waals surface area contributed by atoms with Crippen LogP contribution in [-0.2, 0) is 4.74 Å². The molecule has 1 atom stereocenters. The van der Waals surface area contributed by atoms with Crippen LogP contribution in [0.1, 0.15) is 24.1 Å². The van der Waals surface area contributed by atoms with Crippen molar-refractivity contribution in [1.82, 2.24) is 5.32 Å². The minimum absolute atomic E-state index is 0.0461. The Labute approximate surface area is 105 Å². The van der Waals surface area contributed by atoms with Crippen LogP contribution in [0.4, 0.5) is 13.2 Å². The molecule has 0 radical (unpaired) electrons. The molecule has 5 heteroatoms. The quantitative estimate of drug-likeness (QED) is 0.762. The fraction of sp³-hybridized carbons (Fsp3) is 0.538. The van der Waals surface area contributed by atoms with Gasteiger partial charge in [0.05, 0.1) is 6.61 Å². The van der Waals surface area contributed by atoms with Gasteiger partial charge in [-0.05, 0) is 31.0 Å². The number of hydrogen-bond acceptors (Lipinski definition) is 2. The SMILES string of the molecule is Cc1ccc(C(C)NCCOCC(F)F)cc1F. The maximum Gasteiger partial charge on any atom is 0.261 e. The summed E-state index contributed by atoms with van der Waals surface area (Å²) in [5.74, 6) is -0.241. The molecule has 0 amide bonds. The lowest BCUT2D eigenvalue weighted by Gasteiger charge is -2.15. The van der Waals surface area contributed by atoms with Crippen LogP contribution in [0.15, 0.2) is 18.2 Å². The van der Waals surface area contributed by atoms with Crippen molar-refractivity contribution in [3.63, 3.8) is 0 Å². The minimum atomic E-state index is -2.44. The predicted octanol–water partition coefficient (Wildman–Crippen LogP) is 3.07. The average Bonchev–Trinajstić information content (AvgIpc) is 2.31. The lowest BCUT2D eigenvalue weighted by Crippen LogP contribution is -2.24. The van der Waals surface area contributed by atoms with Crippen molar-refractivity contribution in [3.8, 4) is 0 Å². The van der Waals surface area contributed by atoms with E-state index in [0.29, 0.717) is 12.1 Å². The lowest BCUT2D eigenvalue weighted by atomic mass is 10.1. The van der Waals surface area contributed by atoms with Crippen molar-refractivity contribution in [2.75, 3.05) is 19.8 Å². The van der Waals surface area contributed by atoms with Gasteiger partial charge in [0.15, 0.2) is 0 Å². The second kappa shape index (κ2) is 7.38. The van der Waals surface area contributed by atoms with Gasteiger partial charge in [0.1, 0.15) is 12.4 Å². The van der Waals surface area contributed by atoms with Crippen molar-refractivity contribution in [1.29, 1.82) is 0 Å². The number of benzene rings is 1. The zero-order chi connectivity index (χ0) is 13.5. The minimum Gasteiger partial charge on any atom is -0.374 e. The monoisotopic (exact) mass is 261 g/mol. The summed E-state index contributed by atoms with van der Waals surface area (Å²) in [4.78, 5) is 0. The highest BCUT2D eigenvalue weighted by molar-refractivity contribution is 5.25. The van der Waals surface area contributed by atoms with Gasteiger partial charge in [-0.15, -0.1) is 0 Å². The second-order valence-electron chi connectivity index (χ2n) is 4.15. The molecule has 2 nitrogen and oxygen atoms in total. The van der Waals surface area contributed by atoms with E-state index in [1.54, 1.807) is 13.0 Å². The molecule has 0 saturated carbocycles. The largest absolute Gasteiger partial charge is 0.374 e. The van der Waals surface area contributed by atoms with E-state index in [1.807, 2.05) is 13.0 Å². The number of rotatable bonds is 7. The fourth-order valence-electron chi connectivity index (χ4n) is 1.52. The first-order valence-corrected chi connectivity index (χ1v) is 5.86. The molecule has 1 unspecified atom stereocenters. The molecule has 0 fully saturated rings. The summed E-state index contributed by atoms with van der Waals surface area (Å²) in [6.07, 6.45) is -2.44. The van der Waals surface area contributed by atoms with E-state index < -0.39 is 13.0 Å². The molecule has 0 bridgehead atoms. The van der Waals surface area contributed by atoms with Crippen LogP contribution in [0.3, 0.4) is 0 Å². The molecule has 0 aromatic heterocycles. The highest BCUT2D eigenvalue weighted by atomic mass is 19.3. The summed E-state index contributed by atoms with van der Waals surface area (Å²) in [6, 6.07) is 4.99. The Morgan fingerprint density at radius 3 is 2.67 bits per heavy atom. The van der Waals surface area contributed by atoms with E-state index in [0.717, 1.165) is 5.56 Å². The van der Waals surface area contributed by atoms with Gasteiger partial charge in [0, 0.05) is 12.6 Å². The maximum atomic E-state index is 13.3. The average molecular weight is 261 g/mol. The number of alkyl halides is 2. The molecular formula is C13H18F3NO. The molecule has 0 saturated heterocycles. The lowest BCUT2D eigenvalue weighted by molar-refractivity contribution is 0.0183. The van der Waals surface area contributed by atoms with Crippen LogP contribution < -0.4 is 5.32 Å². The Hall–Kier alpha value is -1.07. The molecule has 0 heterocycles. The number of aryl methyl sites for hydroxylation is 1. The van der Waals surface area contributed by atoms with Crippen molar-refractivity contribution in [2.45, 2.75) is 26.3 Å². The summed E-state index contributed by atoms with van der Waals surface area (Å²) in [6.45, 7) is 3.70. The van der Waals surface area contributed by atoms with Crippen LogP contribution >= 0.6 is 0 Å². The summed E-state index contributed by atoms with van der Waals surface area (Å²) >= 11 is 0. The zero-order valence-electron chi connectivity index (χ0n) is 10.6. The Bertz CT molecular complexity index is 371. The molecule has 0 aliphatic heterocycles. The summed E-state index contributed by atoms with van der Waals surface area (Å²) in [5, 5.41) is 3.08. The van der Waals surface area contributed by atoms with Gasteiger partial charge in [-0.3, -0.25) is 0 Å². The van der Waals surface area contributed by atoms with E-state index in [4.69, 9.17) is 4.74 Å². The van der Waals surface area contributed by atoms with Gasteiger partial charge in [-0.2, -0.15) is 0 Å². The van der Waals surface area contributed by atoms with Crippen molar-refractivity contribution < 1.29 is 17.9 Å². The van der Waals surface area contributed by atoms with E-state index in [2.05, 4.69) is 5.32 Å². The summed E-state index contributed by atoms with van der Waals surface area (Å²) in [7, 11) is 0. The first-order valence-electron chi connectivity index (χ1n) is 5.86. The standard InChI is InChI=1S/C13H18F3NO/c1-9-3-4-11(7-12(9)14)10(2)17-5-6-18-8-13(15)16/h3-4,7,10,13,17H,5-6,8H2,1-2H3. The molecule has 0 aliphatic carbocycles. The molecular weight excluding hydrogens is 243 g/mol. The highest BCUT2D eigenvalue weighted by Gasteiger charge is 2.07. The van der Waals surface area contributed by atoms with Gasteiger partial charge in [0.25, 0.3) is 6.43 Å². The smallest absolute Gasteiger partial charge is 0.261 e. The second-order valence-corrected chi connectivity index (χ2v) is 4.15. The van der Waals surface area contributed by atoms with Crippen LogP contribution in [0.25, 0.3) is 0 Å². The highest BCUT2D eigenvalue weighted by Crippen LogP contribution is 2.15. The van der Waals surface area contributed by atoms with E-state index in [9.17, 15) is 13.2 Å². The van der Waals surface area contributed by atoms with Gasteiger partial charge >= 0.3 is 0 Å². The normalized spacial score (nSPS) is 13.0. The van der Waals surface area contributed by atoms with E-state index >= 15 is 0 Å². The molecule has 1 N–H and O–H groups in total. The first kappa shape index (κ1) is 15.0. The van der Waals surface area contributed by atoms with E-state index in [1.165, 1.54) is 6.07 Å². The third-order valence-electron chi connectivity index (χ3n) is 2.64. The Balaban J connectivity index is 2.31. The van der Waals surface area contributed by atoms with E-state index in [-0.39, 0.29) is 18.5 Å². The summed E-state index contributed by atoms with van der Waals surface area (Å²) < 4.78 is 41.6. The van der Waals surface area contributed by atoms with Crippen LogP contribution in [0.2, 0.25) is 0 Å². The number of hydrogen-bond donors (Lipinski definition) is 1. The molecule has 1 rings (SSSR count). The first-order chi connectivity index (χ1) is 8.50. The van der Waals surface area contributed by atoms with Gasteiger partial charge < -0.3 is 10.1 Å². The number of halogens is 3. The zero-order valence-corrected chi connectivity index (χ0v) is 10.6. The third kappa shape index (κ3) is 5.06. The predicted molar refractivity (Wildman–Crippen MR) is 64.4 cm³/mol. The van der Waals surface area contributed by atoms with Crippen molar-refractivity contribution >= 4 is 0 Å². The molecule has 18 heavy (non-hydrogen) atoms. The molecule has 0 aliphatic rings. The third-order valence-corrected chi connectivity index (χ3v) is 2.64. The Kier molecular flexibility index (Phi) is 6.15. The van der Waals surface area contributed by atoms with Gasteiger partial charge in [0.2, 0.25) is 0 Å². The molecule has 1 aromatic carbocycles. The fourth-order valence-corrected chi connectivity index (χ4v) is 1.52. The van der Waals surface area contributed by atoms with Crippen molar-refractivity contribution in [2.24, 2.45) is 0 Å². The van der Waals surface area contributed by atoms with Crippen LogP contribution in [0, 0.1) is 12.7 Å². The molecule has 1 aromatic rings. The van der Waals surface area contributed by atoms with Crippen LogP contribution in [-0.4, -0.2) is 26.2 Å². The van der Waals surface area contributed by atoms with Crippen molar-refractivity contribution in [3.05, 3.63) is 35.1 Å². The van der Waals surface area contributed by atoms with Gasteiger partial charge in [-0.25, -0.2) is 13.2 Å². The Morgan fingerprint density at radius 2 is 2.06 bits per heavy atom. The summed E-state index contributed by atoms with van der Waals surface area (Å²) in [5.41, 5.74) is 1.43.